The molecule has 15 heavy (non-hydrogen) atoms. The fourth-order valence-electron chi connectivity index (χ4n) is 1.44. The smallest absolute Gasteiger partial charge is 0.237 e. The van der Waals surface area contributed by atoms with E-state index in [1.807, 2.05) is 18.7 Å². The van der Waals surface area contributed by atoms with Gasteiger partial charge in [-0.15, -0.1) is 0 Å². The van der Waals surface area contributed by atoms with Crippen molar-refractivity contribution in [2.45, 2.75) is 56.6 Å². The van der Waals surface area contributed by atoms with Crippen LogP contribution in [0, 0.1) is 0 Å². The lowest BCUT2D eigenvalue weighted by atomic mass is 9.95. The first-order valence-corrected chi connectivity index (χ1v) is 6.44. The van der Waals surface area contributed by atoms with Gasteiger partial charge in [0, 0.05) is 10.5 Å². The second kappa shape index (κ2) is 6.38. The molecule has 1 amide bonds. The van der Waals surface area contributed by atoms with Crippen LogP contribution in [-0.4, -0.2) is 29.0 Å². The number of carbonyl (C=O) groups is 1. The Balaban J connectivity index is 4.24. The third-order valence-corrected chi connectivity index (χ3v) is 4.26. The van der Waals surface area contributed by atoms with Crippen LogP contribution in [0.15, 0.2) is 0 Å². The molecular weight excluding hydrogens is 208 g/mol. The van der Waals surface area contributed by atoms with Crippen molar-refractivity contribution in [2.24, 2.45) is 5.73 Å². The summed E-state index contributed by atoms with van der Waals surface area (Å²) in [7, 11) is 1.78. The van der Waals surface area contributed by atoms with Gasteiger partial charge in [0.05, 0.1) is 5.54 Å². The number of nitrogens with one attached hydrogen (secondary N) is 1. The van der Waals surface area contributed by atoms with Gasteiger partial charge in [0.15, 0.2) is 0 Å². The molecule has 0 saturated heterocycles. The Morgan fingerprint density at radius 1 is 1.47 bits per heavy atom. The zero-order valence-corrected chi connectivity index (χ0v) is 11.3. The van der Waals surface area contributed by atoms with Crippen molar-refractivity contribution in [1.29, 1.82) is 0 Å². The van der Waals surface area contributed by atoms with Gasteiger partial charge >= 0.3 is 0 Å². The molecule has 0 aliphatic rings. The molecule has 0 rings (SSSR count). The van der Waals surface area contributed by atoms with Crippen LogP contribution >= 0.6 is 11.8 Å². The molecular formula is C11H24N2OS. The molecule has 3 nitrogen and oxygen atoms in total. The van der Waals surface area contributed by atoms with Crippen molar-refractivity contribution in [1.82, 2.24) is 5.32 Å². The molecule has 4 heteroatoms. The van der Waals surface area contributed by atoms with E-state index in [1.165, 1.54) is 0 Å². The van der Waals surface area contributed by atoms with Crippen LogP contribution in [0.4, 0.5) is 0 Å². The van der Waals surface area contributed by atoms with Crippen molar-refractivity contribution in [2.75, 3.05) is 7.05 Å². The van der Waals surface area contributed by atoms with Crippen molar-refractivity contribution in [3.8, 4) is 0 Å². The summed E-state index contributed by atoms with van der Waals surface area (Å²) in [5.74, 6) is -0.276. The summed E-state index contributed by atoms with van der Waals surface area (Å²) >= 11 is 1.91. The van der Waals surface area contributed by atoms with Gasteiger partial charge in [0.25, 0.3) is 0 Å². The maximum Gasteiger partial charge on any atom is 0.237 e. The Labute approximate surface area is 97.6 Å². The Kier molecular flexibility index (Phi) is 6.29. The SMILES string of the molecule is CCC(C)SC(C)CC(C)(NC)C(N)=O. The van der Waals surface area contributed by atoms with Crippen molar-refractivity contribution >= 4 is 17.7 Å². The van der Waals surface area contributed by atoms with Gasteiger partial charge in [0.1, 0.15) is 0 Å². The summed E-state index contributed by atoms with van der Waals surface area (Å²) in [5.41, 5.74) is 4.80. The largest absolute Gasteiger partial charge is 0.368 e. The Morgan fingerprint density at radius 3 is 2.33 bits per heavy atom. The third kappa shape index (κ3) is 4.89. The molecule has 0 fully saturated rings. The zero-order valence-electron chi connectivity index (χ0n) is 10.5. The van der Waals surface area contributed by atoms with Gasteiger partial charge < -0.3 is 11.1 Å². The van der Waals surface area contributed by atoms with Crippen LogP contribution in [0.3, 0.4) is 0 Å². The number of hydrogen-bond acceptors (Lipinski definition) is 3. The number of primary amides is 1. The van der Waals surface area contributed by atoms with E-state index in [-0.39, 0.29) is 5.91 Å². The summed E-state index contributed by atoms with van der Waals surface area (Å²) in [5, 5.41) is 4.08. The zero-order chi connectivity index (χ0) is 12.1. The molecule has 0 bridgehead atoms. The predicted octanol–water partition coefficient (Wildman–Crippen LogP) is 1.76. The van der Waals surface area contributed by atoms with Crippen molar-refractivity contribution in [3.63, 3.8) is 0 Å². The van der Waals surface area contributed by atoms with Gasteiger partial charge in [-0.05, 0) is 26.8 Å². The number of hydrogen-bond donors (Lipinski definition) is 2. The fraction of sp³-hybridized carbons (Fsp3) is 0.909. The van der Waals surface area contributed by atoms with E-state index < -0.39 is 5.54 Å². The van der Waals surface area contributed by atoms with Crippen LogP contribution in [0.25, 0.3) is 0 Å². The highest BCUT2D eigenvalue weighted by molar-refractivity contribution is 8.00. The molecule has 0 aromatic rings. The quantitative estimate of drug-likeness (QED) is 0.703. The van der Waals surface area contributed by atoms with Crippen LogP contribution in [-0.2, 0) is 4.79 Å². The molecule has 3 N–H and O–H groups in total. The average Bonchev–Trinajstić information content (AvgIpc) is 2.16. The minimum Gasteiger partial charge on any atom is -0.368 e. The highest BCUT2D eigenvalue weighted by atomic mass is 32.2. The summed E-state index contributed by atoms with van der Waals surface area (Å²) in [6, 6.07) is 0. The number of likely N-dealkylation sites (N-methyl/N-ethyl adjacent to an activating group) is 1. The number of carbonyl (C=O) groups excluding carboxylic acids is 1. The molecule has 0 aliphatic heterocycles. The summed E-state index contributed by atoms with van der Waals surface area (Å²) in [6.45, 7) is 8.40. The summed E-state index contributed by atoms with van der Waals surface area (Å²) in [6.07, 6.45) is 1.93. The number of amides is 1. The lowest BCUT2D eigenvalue weighted by Gasteiger charge is -2.29. The van der Waals surface area contributed by atoms with Gasteiger partial charge in [-0.2, -0.15) is 11.8 Å². The molecule has 3 unspecified atom stereocenters. The topological polar surface area (TPSA) is 55.1 Å². The Bertz CT molecular complexity index is 211. The van der Waals surface area contributed by atoms with Crippen LogP contribution in [0.5, 0.6) is 0 Å². The van der Waals surface area contributed by atoms with E-state index in [0.717, 1.165) is 12.8 Å². The number of nitrogens with two attached hydrogens (primary N) is 1. The summed E-state index contributed by atoms with van der Waals surface area (Å²) < 4.78 is 0. The molecule has 3 atom stereocenters. The molecule has 0 aliphatic carbocycles. The number of thioether (sulfide) groups is 1. The van der Waals surface area contributed by atoms with Crippen molar-refractivity contribution in [3.05, 3.63) is 0 Å². The first-order valence-electron chi connectivity index (χ1n) is 5.50. The number of rotatable bonds is 7. The molecule has 0 aromatic heterocycles. The van der Waals surface area contributed by atoms with E-state index >= 15 is 0 Å². The standard InChI is InChI=1S/C11H24N2OS/c1-6-8(2)15-9(3)7-11(4,13-5)10(12)14/h8-9,13H,6-7H2,1-5H3,(H2,12,14). The third-order valence-electron chi connectivity index (χ3n) is 2.83. The molecule has 90 valence electrons. The minimum absolute atomic E-state index is 0.276. The molecule has 0 saturated carbocycles. The van der Waals surface area contributed by atoms with Crippen LogP contribution in [0.2, 0.25) is 0 Å². The fourth-order valence-corrected chi connectivity index (χ4v) is 2.86. The molecule has 0 aromatic carbocycles. The lowest BCUT2D eigenvalue weighted by molar-refractivity contribution is -0.123. The first-order chi connectivity index (χ1) is 6.85. The molecule has 0 heterocycles. The van der Waals surface area contributed by atoms with Gasteiger partial charge in [-0.1, -0.05) is 20.8 Å². The lowest BCUT2D eigenvalue weighted by Crippen LogP contribution is -2.52. The second-order valence-corrected chi connectivity index (χ2v) is 6.20. The van der Waals surface area contributed by atoms with Crippen molar-refractivity contribution < 1.29 is 4.79 Å². The normalized spacial score (nSPS) is 19.3. The Hall–Kier alpha value is -0.220. The average molecular weight is 232 g/mol. The minimum atomic E-state index is -0.583. The van der Waals surface area contributed by atoms with Gasteiger partial charge in [-0.25, -0.2) is 0 Å². The van der Waals surface area contributed by atoms with Crippen LogP contribution < -0.4 is 11.1 Å². The highest BCUT2D eigenvalue weighted by Crippen LogP contribution is 2.26. The van der Waals surface area contributed by atoms with Gasteiger partial charge in [-0.3, -0.25) is 4.79 Å². The monoisotopic (exact) mass is 232 g/mol. The Morgan fingerprint density at radius 2 is 2.00 bits per heavy atom. The van der Waals surface area contributed by atoms with E-state index in [0.29, 0.717) is 10.5 Å². The van der Waals surface area contributed by atoms with E-state index in [1.54, 1.807) is 7.05 Å². The van der Waals surface area contributed by atoms with E-state index in [2.05, 4.69) is 26.1 Å². The maximum absolute atomic E-state index is 11.3. The maximum atomic E-state index is 11.3. The van der Waals surface area contributed by atoms with E-state index in [9.17, 15) is 4.79 Å². The van der Waals surface area contributed by atoms with E-state index in [4.69, 9.17) is 5.73 Å². The van der Waals surface area contributed by atoms with Gasteiger partial charge in [0.2, 0.25) is 5.91 Å². The predicted molar refractivity (Wildman–Crippen MR) is 68.1 cm³/mol. The molecule has 0 radical (unpaired) electrons. The second-order valence-electron chi connectivity index (χ2n) is 4.32. The van der Waals surface area contributed by atoms with Crippen LogP contribution in [0.1, 0.15) is 40.5 Å². The molecule has 0 spiro atoms. The first kappa shape index (κ1) is 14.8. The summed E-state index contributed by atoms with van der Waals surface area (Å²) in [4.78, 5) is 11.3. The highest BCUT2D eigenvalue weighted by Gasteiger charge is 2.31.